The van der Waals surface area contributed by atoms with E-state index >= 15 is 0 Å². The molecule has 1 aromatic heterocycles. The predicted molar refractivity (Wildman–Crippen MR) is 76.1 cm³/mol. The number of nitrogens with zero attached hydrogens (tertiary/aromatic N) is 1. The van der Waals surface area contributed by atoms with Gasteiger partial charge >= 0.3 is 0 Å². The van der Waals surface area contributed by atoms with E-state index in [1.165, 1.54) is 30.0 Å². The number of ether oxygens (including phenoxy) is 1. The van der Waals surface area contributed by atoms with E-state index in [2.05, 4.69) is 24.5 Å². The molecule has 0 amide bonds. The first kappa shape index (κ1) is 14.0. The Balaban J connectivity index is 1.84. The molecule has 18 heavy (non-hydrogen) atoms. The van der Waals surface area contributed by atoms with Gasteiger partial charge in [-0.25, -0.2) is 4.98 Å². The van der Waals surface area contributed by atoms with E-state index in [-0.39, 0.29) is 0 Å². The summed E-state index contributed by atoms with van der Waals surface area (Å²) in [5, 5.41) is 6.89. The third-order valence-electron chi connectivity index (χ3n) is 3.39. The van der Waals surface area contributed by atoms with Crippen LogP contribution >= 0.6 is 11.3 Å². The molecule has 1 fully saturated rings. The van der Waals surface area contributed by atoms with Crippen molar-refractivity contribution < 1.29 is 4.74 Å². The second-order valence-electron chi connectivity index (χ2n) is 5.03. The summed E-state index contributed by atoms with van der Waals surface area (Å²) in [6.07, 6.45) is 6.27. The smallest absolute Gasteiger partial charge is 0.0954 e. The van der Waals surface area contributed by atoms with Gasteiger partial charge in [0, 0.05) is 24.4 Å². The maximum atomic E-state index is 5.77. The van der Waals surface area contributed by atoms with Gasteiger partial charge in [0.15, 0.2) is 0 Å². The van der Waals surface area contributed by atoms with E-state index in [1.807, 2.05) is 0 Å². The number of thiazole rings is 1. The normalized spacial score (nSPS) is 22.0. The quantitative estimate of drug-likeness (QED) is 0.859. The third-order valence-corrected chi connectivity index (χ3v) is 4.28. The Morgan fingerprint density at radius 3 is 3.17 bits per heavy atom. The molecule has 1 aromatic rings. The van der Waals surface area contributed by atoms with E-state index in [0.29, 0.717) is 12.1 Å². The number of hydrogen-bond acceptors (Lipinski definition) is 4. The Kier molecular flexibility index (Phi) is 5.60. The maximum Gasteiger partial charge on any atom is 0.0954 e. The highest BCUT2D eigenvalue weighted by Gasteiger charge is 2.17. The van der Waals surface area contributed by atoms with Gasteiger partial charge in [-0.1, -0.05) is 6.92 Å². The van der Waals surface area contributed by atoms with Crippen molar-refractivity contribution >= 4 is 11.3 Å². The Bertz CT molecular complexity index is 347. The molecule has 102 valence electrons. The molecule has 2 unspecified atom stereocenters. The molecule has 0 radical (unpaired) electrons. The van der Waals surface area contributed by atoms with Crippen LogP contribution in [0.5, 0.6) is 0 Å². The Labute approximate surface area is 114 Å². The van der Waals surface area contributed by atoms with Crippen LogP contribution in [0.3, 0.4) is 0 Å². The van der Waals surface area contributed by atoms with Crippen LogP contribution in [0.4, 0.5) is 0 Å². The largest absolute Gasteiger partial charge is 0.378 e. The molecule has 4 heteroatoms. The van der Waals surface area contributed by atoms with Crippen molar-refractivity contribution in [3.8, 4) is 0 Å². The summed E-state index contributed by atoms with van der Waals surface area (Å²) in [6, 6.07) is 0.363. The Morgan fingerprint density at radius 2 is 2.44 bits per heavy atom. The van der Waals surface area contributed by atoms with Crippen molar-refractivity contribution in [1.29, 1.82) is 0 Å². The average Bonchev–Trinajstić information content (AvgIpc) is 2.86. The lowest BCUT2D eigenvalue weighted by Crippen LogP contribution is -2.22. The lowest BCUT2D eigenvalue weighted by Gasteiger charge is -2.21. The molecule has 2 atom stereocenters. The average molecular weight is 268 g/mol. The Morgan fingerprint density at radius 1 is 1.56 bits per heavy atom. The fourth-order valence-corrected chi connectivity index (χ4v) is 3.20. The van der Waals surface area contributed by atoms with Crippen molar-refractivity contribution in [3.63, 3.8) is 0 Å². The molecule has 0 bridgehead atoms. The molecule has 1 aliphatic heterocycles. The van der Waals surface area contributed by atoms with Gasteiger partial charge in [0.1, 0.15) is 0 Å². The fourth-order valence-electron chi connectivity index (χ4n) is 2.25. The molecule has 3 nitrogen and oxygen atoms in total. The molecule has 2 rings (SSSR count). The summed E-state index contributed by atoms with van der Waals surface area (Å²) in [7, 11) is 0. The molecule has 1 saturated heterocycles. The molecule has 0 aliphatic carbocycles. The number of aromatic nitrogens is 1. The fraction of sp³-hybridized carbons (Fsp3) is 0.786. The van der Waals surface area contributed by atoms with Gasteiger partial charge in [-0.05, 0) is 39.2 Å². The van der Waals surface area contributed by atoms with Crippen LogP contribution in [0.15, 0.2) is 5.38 Å². The number of hydrogen-bond donors (Lipinski definition) is 1. The van der Waals surface area contributed by atoms with Crippen LogP contribution in [0.25, 0.3) is 0 Å². The minimum atomic E-state index is 0.363. The lowest BCUT2D eigenvalue weighted by atomic mass is 10.1. The molecule has 0 aromatic carbocycles. The van der Waals surface area contributed by atoms with Gasteiger partial charge in [-0.2, -0.15) is 0 Å². The highest BCUT2D eigenvalue weighted by atomic mass is 32.1. The van der Waals surface area contributed by atoms with Crippen LogP contribution in [0.1, 0.15) is 56.3 Å². The van der Waals surface area contributed by atoms with Gasteiger partial charge in [0.2, 0.25) is 0 Å². The van der Waals surface area contributed by atoms with Gasteiger partial charge in [0.25, 0.3) is 0 Å². The predicted octanol–water partition coefficient (Wildman–Crippen LogP) is 3.32. The summed E-state index contributed by atoms with van der Waals surface area (Å²) in [5.74, 6) is 0. The SMILES string of the molecule is CCCNC(C)c1csc(CC2CCCCO2)n1. The van der Waals surface area contributed by atoms with Crippen LogP contribution in [-0.2, 0) is 11.2 Å². The van der Waals surface area contributed by atoms with Crippen molar-refractivity contribution in [3.05, 3.63) is 16.1 Å². The monoisotopic (exact) mass is 268 g/mol. The van der Waals surface area contributed by atoms with Gasteiger partial charge in [-0.15, -0.1) is 11.3 Å². The van der Waals surface area contributed by atoms with Crippen molar-refractivity contribution in [1.82, 2.24) is 10.3 Å². The van der Waals surface area contributed by atoms with Crippen molar-refractivity contribution in [2.75, 3.05) is 13.2 Å². The van der Waals surface area contributed by atoms with Crippen molar-refractivity contribution in [2.45, 2.75) is 58.1 Å². The highest BCUT2D eigenvalue weighted by molar-refractivity contribution is 7.09. The van der Waals surface area contributed by atoms with Gasteiger partial charge in [-0.3, -0.25) is 0 Å². The van der Waals surface area contributed by atoms with Gasteiger partial charge in [0.05, 0.1) is 16.8 Å². The lowest BCUT2D eigenvalue weighted by molar-refractivity contribution is 0.0167. The van der Waals surface area contributed by atoms with Gasteiger partial charge < -0.3 is 10.1 Å². The Hall–Kier alpha value is -0.450. The zero-order valence-corrected chi connectivity index (χ0v) is 12.3. The van der Waals surface area contributed by atoms with Crippen LogP contribution in [0.2, 0.25) is 0 Å². The van der Waals surface area contributed by atoms with Crippen molar-refractivity contribution in [2.24, 2.45) is 0 Å². The summed E-state index contributed by atoms with van der Waals surface area (Å²) >= 11 is 1.77. The summed E-state index contributed by atoms with van der Waals surface area (Å²) in [4.78, 5) is 4.73. The first-order valence-corrected chi connectivity index (χ1v) is 7.97. The maximum absolute atomic E-state index is 5.77. The third kappa shape index (κ3) is 4.04. The summed E-state index contributed by atoms with van der Waals surface area (Å²) < 4.78 is 5.77. The van der Waals surface area contributed by atoms with Crippen LogP contribution in [0, 0.1) is 0 Å². The zero-order chi connectivity index (χ0) is 12.8. The summed E-state index contributed by atoms with van der Waals surface area (Å²) in [5.41, 5.74) is 1.18. The minimum absolute atomic E-state index is 0.363. The minimum Gasteiger partial charge on any atom is -0.378 e. The molecule has 0 spiro atoms. The van der Waals surface area contributed by atoms with E-state index in [9.17, 15) is 0 Å². The first-order valence-electron chi connectivity index (χ1n) is 7.09. The topological polar surface area (TPSA) is 34.1 Å². The molecular formula is C14H24N2OS. The van der Waals surface area contributed by atoms with Crippen LogP contribution < -0.4 is 5.32 Å². The van der Waals surface area contributed by atoms with E-state index in [1.54, 1.807) is 11.3 Å². The zero-order valence-electron chi connectivity index (χ0n) is 11.4. The highest BCUT2D eigenvalue weighted by Crippen LogP contribution is 2.21. The van der Waals surface area contributed by atoms with E-state index in [4.69, 9.17) is 9.72 Å². The molecule has 1 aliphatic rings. The molecule has 2 heterocycles. The van der Waals surface area contributed by atoms with Crippen LogP contribution in [-0.4, -0.2) is 24.2 Å². The second kappa shape index (κ2) is 7.22. The molecule has 0 saturated carbocycles. The van der Waals surface area contributed by atoms with E-state index in [0.717, 1.165) is 26.0 Å². The number of rotatable bonds is 6. The molecule has 1 N–H and O–H groups in total. The number of nitrogens with one attached hydrogen (secondary N) is 1. The second-order valence-corrected chi connectivity index (χ2v) is 5.98. The standard InChI is InChI=1S/C14H24N2OS/c1-3-7-15-11(2)13-10-18-14(16-13)9-12-6-4-5-8-17-12/h10-12,15H,3-9H2,1-2H3. The summed E-state index contributed by atoms with van der Waals surface area (Å²) in [6.45, 7) is 6.36. The molecular weight excluding hydrogens is 244 g/mol. The van der Waals surface area contributed by atoms with E-state index < -0.39 is 0 Å². The first-order chi connectivity index (χ1) is 8.79.